The quantitative estimate of drug-likeness (QED) is 0.705. The minimum Gasteiger partial charge on any atom is -0.497 e. The van der Waals surface area contributed by atoms with Crippen molar-refractivity contribution in [1.29, 1.82) is 0 Å². The molecule has 0 radical (unpaired) electrons. The molecule has 1 atom stereocenters. The van der Waals surface area contributed by atoms with E-state index in [0.717, 1.165) is 28.9 Å². The van der Waals surface area contributed by atoms with Gasteiger partial charge in [-0.15, -0.1) is 0 Å². The zero-order chi connectivity index (χ0) is 18.3. The Balaban J connectivity index is 0.000000307. The fourth-order valence-corrected chi connectivity index (χ4v) is 2.00. The summed E-state index contributed by atoms with van der Waals surface area (Å²) in [7, 11) is 1.67. The first-order chi connectivity index (χ1) is 11.2. The highest BCUT2D eigenvalue weighted by atomic mass is 16.5. The van der Waals surface area contributed by atoms with Crippen LogP contribution in [-0.4, -0.2) is 45.1 Å². The van der Waals surface area contributed by atoms with Crippen LogP contribution in [-0.2, 0) is 16.1 Å². The van der Waals surface area contributed by atoms with Gasteiger partial charge >= 0.3 is 11.9 Å². The van der Waals surface area contributed by atoms with Gasteiger partial charge in [-0.2, -0.15) is 5.10 Å². The lowest BCUT2D eigenvalue weighted by atomic mass is 10.2. The number of aliphatic carboxylic acids is 2. The predicted octanol–water partition coefficient (Wildman–Crippen LogP) is 1.41. The van der Waals surface area contributed by atoms with Gasteiger partial charge in [-0.25, -0.2) is 9.59 Å². The molecule has 130 valence electrons. The summed E-state index contributed by atoms with van der Waals surface area (Å²) >= 11 is 0. The van der Waals surface area contributed by atoms with Crippen LogP contribution in [0.25, 0.3) is 10.9 Å². The molecular formula is C16H21N3O5. The monoisotopic (exact) mass is 335 g/mol. The van der Waals surface area contributed by atoms with E-state index in [1.54, 1.807) is 7.11 Å². The highest BCUT2D eigenvalue weighted by Crippen LogP contribution is 2.23. The number of fused-ring (bicyclic) bond motifs is 1. The molecule has 8 heteroatoms. The molecule has 2 rings (SSSR count). The number of carboxylic acid groups (broad SMARTS) is 2. The molecule has 1 heterocycles. The van der Waals surface area contributed by atoms with Crippen molar-refractivity contribution in [2.75, 3.05) is 7.11 Å². The first-order valence-corrected chi connectivity index (χ1v) is 7.15. The normalized spacial score (nSPS) is 11.8. The second-order valence-corrected chi connectivity index (χ2v) is 5.14. The third-order valence-corrected chi connectivity index (χ3v) is 2.97. The van der Waals surface area contributed by atoms with E-state index in [1.807, 2.05) is 36.7 Å². The summed E-state index contributed by atoms with van der Waals surface area (Å²) in [5, 5.41) is 21.3. The summed E-state index contributed by atoms with van der Waals surface area (Å²) in [5.74, 6) is -1.67. The third kappa shape index (κ3) is 5.73. The van der Waals surface area contributed by atoms with Crippen LogP contribution in [0.4, 0.5) is 0 Å². The third-order valence-electron chi connectivity index (χ3n) is 2.97. The molecule has 0 amide bonds. The van der Waals surface area contributed by atoms with Crippen LogP contribution in [0.5, 0.6) is 5.75 Å². The molecule has 0 aliphatic rings. The first-order valence-electron chi connectivity index (χ1n) is 7.15. The number of hydrogen-bond donors (Lipinski definition) is 3. The highest BCUT2D eigenvalue weighted by Gasteiger charge is 2.09. The number of hydrogen-bond acceptors (Lipinski definition) is 5. The van der Waals surface area contributed by atoms with Gasteiger partial charge in [-0.05, 0) is 26.0 Å². The Morgan fingerprint density at radius 2 is 1.92 bits per heavy atom. The van der Waals surface area contributed by atoms with Crippen LogP contribution in [0, 0.1) is 6.92 Å². The summed E-state index contributed by atoms with van der Waals surface area (Å²) < 4.78 is 7.16. The van der Waals surface area contributed by atoms with Crippen molar-refractivity contribution in [1.82, 2.24) is 9.78 Å². The van der Waals surface area contributed by atoms with Crippen LogP contribution < -0.4 is 10.5 Å². The molecule has 1 aromatic heterocycles. The van der Waals surface area contributed by atoms with Crippen LogP contribution >= 0.6 is 0 Å². The average Bonchev–Trinajstić information content (AvgIpc) is 2.81. The van der Waals surface area contributed by atoms with Crippen molar-refractivity contribution in [2.24, 2.45) is 5.73 Å². The summed E-state index contributed by atoms with van der Waals surface area (Å²) in [5.41, 5.74) is 7.91. The largest absolute Gasteiger partial charge is 0.497 e. The van der Waals surface area contributed by atoms with Gasteiger partial charge in [0.25, 0.3) is 0 Å². The summed E-state index contributed by atoms with van der Waals surface area (Å²) in [6.45, 7) is 4.70. The van der Waals surface area contributed by atoms with Crippen molar-refractivity contribution >= 4 is 22.8 Å². The molecule has 0 aliphatic heterocycles. The minimum absolute atomic E-state index is 0.0914. The topological polar surface area (TPSA) is 128 Å². The van der Waals surface area contributed by atoms with Gasteiger partial charge in [-0.3, -0.25) is 4.68 Å². The SMILES string of the molecule is COc1ccc2c(C)nn(CC(C)N)c2c1.O=C(O)/C=C/C(=O)O. The van der Waals surface area contributed by atoms with Gasteiger partial charge in [0.05, 0.1) is 24.9 Å². The fraction of sp³-hybridized carbons (Fsp3) is 0.312. The molecule has 4 N–H and O–H groups in total. The van der Waals surface area contributed by atoms with Gasteiger partial charge in [0.2, 0.25) is 0 Å². The maximum Gasteiger partial charge on any atom is 0.328 e. The lowest BCUT2D eigenvalue weighted by Gasteiger charge is -2.07. The number of methoxy groups -OCH3 is 1. The smallest absolute Gasteiger partial charge is 0.328 e. The number of aryl methyl sites for hydroxylation is 1. The van der Waals surface area contributed by atoms with Crippen LogP contribution in [0.3, 0.4) is 0 Å². The van der Waals surface area contributed by atoms with E-state index in [-0.39, 0.29) is 6.04 Å². The van der Waals surface area contributed by atoms with Gasteiger partial charge in [0.1, 0.15) is 5.75 Å². The van der Waals surface area contributed by atoms with Gasteiger partial charge in [0, 0.05) is 29.6 Å². The fourth-order valence-electron chi connectivity index (χ4n) is 2.00. The Kier molecular flexibility index (Phi) is 6.94. The zero-order valence-electron chi connectivity index (χ0n) is 13.8. The number of nitrogens with two attached hydrogens (primary N) is 1. The zero-order valence-corrected chi connectivity index (χ0v) is 13.8. The lowest BCUT2D eigenvalue weighted by molar-refractivity contribution is -0.134. The second kappa shape index (κ2) is 8.68. The number of ether oxygens (including phenoxy) is 1. The molecule has 0 fully saturated rings. The molecule has 0 aliphatic carbocycles. The van der Waals surface area contributed by atoms with Gasteiger partial charge in [-0.1, -0.05) is 0 Å². The Labute approximate surface area is 139 Å². The van der Waals surface area contributed by atoms with Crippen molar-refractivity contribution in [3.05, 3.63) is 36.0 Å². The number of nitrogens with zero attached hydrogens (tertiary/aromatic N) is 2. The minimum atomic E-state index is -1.26. The van der Waals surface area contributed by atoms with E-state index >= 15 is 0 Å². The first kappa shape index (κ1) is 19.2. The number of carbonyl (C=O) groups is 2. The van der Waals surface area contributed by atoms with Crippen molar-refractivity contribution in [3.63, 3.8) is 0 Å². The second-order valence-electron chi connectivity index (χ2n) is 5.14. The Morgan fingerprint density at radius 1 is 1.33 bits per heavy atom. The molecule has 1 aromatic carbocycles. The maximum atomic E-state index is 9.55. The summed E-state index contributed by atoms with van der Waals surface area (Å²) in [6, 6.07) is 6.08. The predicted molar refractivity (Wildman–Crippen MR) is 89.1 cm³/mol. The molecular weight excluding hydrogens is 314 g/mol. The van der Waals surface area contributed by atoms with E-state index in [4.69, 9.17) is 20.7 Å². The van der Waals surface area contributed by atoms with Crippen LogP contribution in [0.1, 0.15) is 12.6 Å². The molecule has 8 nitrogen and oxygen atoms in total. The Morgan fingerprint density at radius 3 is 2.38 bits per heavy atom. The molecule has 0 saturated heterocycles. The number of aromatic nitrogens is 2. The van der Waals surface area contributed by atoms with E-state index < -0.39 is 11.9 Å². The number of rotatable bonds is 5. The molecule has 0 bridgehead atoms. The highest BCUT2D eigenvalue weighted by molar-refractivity contribution is 5.89. The van der Waals surface area contributed by atoms with Crippen LogP contribution in [0.15, 0.2) is 30.4 Å². The number of benzene rings is 1. The van der Waals surface area contributed by atoms with Crippen molar-refractivity contribution in [3.8, 4) is 5.75 Å². The molecule has 2 aromatic rings. The van der Waals surface area contributed by atoms with E-state index in [0.29, 0.717) is 12.2 Å². The van der Waals surface area contributed by atoms with Crippen molar-refractivity contribution in [2.45, 2.75) is 26.4 Å². The van der Waals surface area contributed by atoms with Gasteiger partial charge in [0.15, 0.2) is 0 Å². The Hall–Kier alpha value is -2.87. The van der Waals surface area contributed by atoms with Crippen LogP contribution in [0.2, 0.25) is 0 Å². The standard InChI is InChI=1S/C12H17N3O.C4H4O4/c1-8(13)7-15-12-6-10(16-3)4-5-11(12)9(2)14-15;5-3(6)1-2-4(7)8/h4-6,8H,7,13H2,1-3H3;1-2H,(H,5,6)(H,7,8)/b;2-1+. The number of carboxylic acids is 2. The van der Waals surface area contributed by atoms with E-state index in [9.17, 15) is 9.59 Å². The molecule has 24 heavy (non-hydrogen) atoms. The maximum absolute atomic E-state index is 9.55. The molecule has 1 unspecified atom stereocenters. The van der Waals surface area contributed by atoms with E-state index in [1.165, 1.54) is 0 Å². The average molecular weight is 335 g/mol. The molecule has 0 saturated carbocycles. The summed E-state index contributed by atoms with van der Waals surface area (Å²) in [6.07, 6.45) is 1.12. The van der Waals surface area contributed by atoms with Gasteiger partial charge < -0.3 is 20.7 Å². The molecule has 0 spiro atoms. The summed E-state index contributed by atoms with van der Waals surface area (Å²) in [4.78, 5) is 19.1. The Bertz CT molecular complexity index is 733. The lowest BCUT2D eigenvalue weighted by Crippen LogP contribution is -2.22. The van der Waals surface area contributed by atoms with E-state index in [2.05, 4.69) is 5.10 Å². The van der Waals surface area contributed by atoms with Crippen molar-refractivity contribution < 1.29 is 24.5 Å².